The summed E-state index contributed by atoms with van der Waals surface area (Å²) in [6, 6.07) is -2.10. The largest absolute Gasteiger partial charge is 0.377 e. The van der Waals surface area contributed by atoms with Gasteiger partial charge in [-0.25, -0.2) is 4.79 Å². The van der Waals surface area contributed by atoms with Crippen LogP contribution in [-0.2, 0) is 14.4 Å². The van der Waals surface area contributed by atoms with Crippen LogP contribution in [0.15, 0.2) is 24.9 Å². The molecule has 1 aliphatic carbocycles. The van der Waals surface area contributed by atoms with Gasteiger partial charge in [0.2, 0.25) is 11.7 Å². The Morgan fingerprint density at radius 3 is 2.06 bits per heavy atom. The second kappa shape index (κ2) is 21.4. The van der Waals surface area contributed by atoms with Gasteiger partial charge in [0.15, 0.2) is 0 Å². The van der Waals surface area contributed by atoms with Crippen molar-refractivity contribution in [3.63, 3.8) is 0 Å². The van der Waals surface area contributed by atoms with Gasteiger partial charge in [0.1, 0.15) is 6.04 Å². The molecule has 4 unspecified atom stereocenters. The minimum Gasteiger partial charge on any atom is -0.377 e. The molecule has 2 fully saturated rings. The minimum atomic E-state index is -0.745. The number of carbonyl (C=O) groups excluding carboxylic acids is 4. The third kappa shape index (κ3) is 13.8. The highest BCUT2D eigenvalue weighted by molar-refractivity contribution is 6.38. The summed E-state index contributed by atoms with van der Waals surface area (Å²) in [6.45, 7) is 30.0. The van der Waals surface area contributed by atoms with Crippen LogP contribution >= 0.6 is 0 Å². The lowest BCUT2D eigenvalue weighted by molar-refractivity contribution is -0.139. The zero-order valence-corrected chi connectivity index (χ0v) is 32.9. The van der Waals surface area contributed by atoms with E-state index in [1.54, 1.807) is 0 Å². The van der Waals surface area contributed by atoms with E-state index in [1.165, 1.54) is 12.5 Å². The maximum atomic E-state index is 14.8. The molecule has 0 aromatic heterocycles. The SMILES string of the molecule is C=CCNC(=O)C(=O)C(CCCC)NC(=C)C1C[C@@H](C(C)(C)C)CN1C(=O)C(NC(=O)NC(CCC)C(C)C)C1(C)CCCCC1.CCC. The molecule has 1 aliphatic heterocycles. The zero-order chi connectivity index (χ0) is 37.4. The average molecular weight is 688 g/mol. The lowest BCUT2D eigenvalue weighted by atomic mass is 9.70. The summed E-state index contributed by atoms with van der Waals surface area (Å²) in [5, 5.41) is 12.2. The van der Waals surface area contributed by atoms with E-state index in [4.69, 9.17) is 0 Å². The fourth-order valence-corrected chi connectivity index (χ4v) is 7.02. The topological polar surface area (TPSA) is 120 Å². The molecule has 49 heavy (non-hydrogen) atoms. The van der Waals surface area contributed by atoms with Crippen molar-refractivity contribution >= 4 is 23.6 Å². The monoisotopic (exact) mass is 688 g/mol. The smallest absolute Gasteiger partial charge is 0.315 e. The number of nitrogens with one attached hydrogen (secondary N) is 4. The van der Waals surface area contributed by atoms with Gasteiger partial charge in [-0.15, -0.1) is 6.58 Å². The lowest BCUT2D eigenvalue weighted by Gasteiger charge is -2.43. The van der Waals surface area contributed by atoms with Crippen LogP contribution in [0.5, 0.6) is 0 Å². The van der Waals surface area contributed by atoms with E-state index >= 15 is 0 Å². The molecule has 1 saturated carbocycles. The Bertz CT molecular complexity index is 1080. The number of carbonyl (C=O) groups is 4. The summed E-state index contributed by atoms with van der Waals surface area (Å²) in [6.07, 6.45) is 12.3. The third-order valence-corrected chi connectivity index (χ3v) is 10.3. The highest BCUT2D eigenvalue weighted by Crippen LogP contribution is 2.43. The van der Waals surface area contributed by atoms with Gasteiger partial charge in [-0.1, -0.05) is 127 Å². The van der Waals surface area contributed by atoms with Crippen molar-refractivity contribution in [3.8, 4) is 0 Å². The molecule has 0 bridgehead atoms. The number of nitrogens with zero attached hydrogens (tertiary/aromatic N) is 1. The Kier molecular flexibility index (Phi) is 19.3. The van der Waals surface area contributed by atoms with E-state index in [0.717, 1.165) is 57.8 Å². The van der Waals surface area contributed by atoms with Gasteiger partial charge in [0, 0.05) is 24.8 Å². The summed E-state index contributed by atoms with van der Waals surface area (Å²) in [4.78, 5) is 56.1. The van der Waals surface area contributed by atoms with Crippen molar-refractivity contribution < 1.29 is 19.2 Å². The number of hydrogen-bond donors (Lipinski definition) is 4. The molecule has 1 saturated heterocycles. The highest BCUT2D eigenvalue weighted by Gasteiger charge is 2.48. The first-order valence-corrected chi connectivity index (χ1v) is 19.3. The predicted molar refractivity (Wildman–Crippen MR) is 203 cm³/mol. The van der Waals surface area contributed by atoms with Crippen LogP contribution < -0.4 is 21.3 Å². The number of urea groups is 1. The van der Waals surface area contributed by atoms with E-state index < -0.39 is 23.8 Å². The molecular formula is C40H73N5O4. The summed E-state index contributed by atoms with van der Waals surface area (Å²) in [5.41, 5.74) is 0.105. The first-order valence-electron chi connectivity index (χ1n) is 19.3. The zero-order valence-electron chi connectivity index (χ0n) is 32.9. The lowest BCUT2D eigenvalue weighted by Crippen LogP contribution is -2.61. The maximum Gasteiger partial charge on any atom is 0.315 e. The Hall–Kier alpha value is -2.84. The molecular weight excluding hydrogens is 614 g/mol. The molecule has 0 aromatic rings. The van der Waals surface area contributed by atoms with Gasteiger partial charge in [0.05, 0.1) is 12.1 Å². The van der Waals surface area contributed by atoms with Gasteiger partial charge in [-0.05, 0) is 54.8 Å². The fraction of sp³-hybridized carbons (Fsp3) is 0.800. The molecule has 2 aliphatic rings. The van der Waals surface area contributed by atoms with E-state index in [2.05, 4.69) is 96.7 Å². The highest BCUT2D eigenvalue weighted by atomic mass is 16.2. The van der Waals surface area contributed by atoms with E-state index in [0.29, 0.717) is 25.1 Å². The van der Waals surface area contributed by atoms with Gasteiger partial charge in [-0.3, -0.25) is 14.4 Å². The van der Waals surface area contributed by atoms with Crippen molar-refractivity contribution in [1.29, 1.82) is 0 Å². The Morgan fingerprint density at radius 1 is 0.939 bits per heavy atom. The van der Waals surface area contributed by atoms with Gasteiger partial charge < -0.3 is 26.2 Å². The summed E-state index contributed by atoms with van der Waals surface area (Å²) < 4.78 is 0. The van der Waals surface area contributed by atoms with Gasteiger partial charge >= 0.3 is 6.03 Å². The summed E-state index contributed by atoms with van der Waals surface area (Å²) in [5.74, 6) is -0.841. The Balaban J connectivity index is 0.00000385. The molecule has 9 nitrogen and oxygen atoms in total. The van der Waals surface area contributed by atoms with Crippen LogP contribution in [0.25, 0.3) is 0 Å². The molecule has 2 rings (SSSR count). The predicted octanol–water partition coefficient (Wildman–Crippen LogP) is 7.66. The van der Waals surface area contributed by atoms with Crippen LogP contribution in [0.1, 0.15) is 146 Å². The van der Waals surface area contributed by atoms with Crippen LogP contribution in [0.4, 0.5) is 4.79 Å². The first-order chi connectivity index (χ1) is 23.0. The molecule has 0 aromatic carbocycles. The summed E-state index contributed by atoms with van der Waals surface area (Å²) in [7, 11) is 0. The van der Waals surface area contributed by atoms with Crippen molar-refractivity contribution in [2.24, 2.45) is 22.7 Å². The third-order valence-electron chi connectivity index (χ3n) is 10.3. The standard InChI is InChI=1S/C37H65N5O4.C3H8/c1-11-14-19-29(31(43)33(44)38-22-13-3)39-26(6)30-23-27(36(7,8)9)24-42(30)34(45)32(37(10)20-16-15-17-21-37)41-35(46)40-28(18-12-2)25(4)5;1-3-2/h13,25,27-30,32,39H,3,6,11-12,14-24H2,1-2,4-5,7-10H3,(H,38,44)(H2,40,41,46);3H2,1-2H3/t27-,28?,29?,30?,32?;/m1./s1. The second-order valence-electron chi connectivity index (χ2n) is 16.1. The van der Waals surface area contributed by atoms with Crippen LogP contribution in [0, 0.1) is 22.7 Å². The molecule has 282 valence electrons. The number of likely N-dealkylation sites (tertiary alicyclic amines) is 1. The quantitative estimate of drug-likeness (QED) is 0.0925. The van der Waals surface area contributed by atoms with Gasteiger partial charge in [-0.2, -0.15) is 0 Å². The fourth-order valence-electron chi connectivity index (χ4n) is 7.02. The summed E-state index contributed by atoms with van der Waals surface area (Å²) >= 11 is 0. The van der Waals surface area contributed by atoms with Crippen LogP contribution in [0.3, 0.4) is 0 Å². The van der Waals surface area contributed by atoms with Crippen molar-refractivity contribution in [3.05, 3.63) is 24.9 Å². The van der Waals surface area contributed by atoms with Crippen molar-refractivity contribution in [2.75, 3.05) is 13.1 Å². The van der Waals surface area contributed by atoms with E-state index in [-0.39, 0.29) is 53.2 Å². The molecule has 1 heterocycles. The maximum absolute atomic E-state index is 14.8. The molecule has 0 radical (unpaired) electrons. The van der Waals surface area contributed by atoms with Crippen molar-refractivity contribution in [1.82, 2.24) is 26.2 Å². The average Bonchev–Trinajstić information content (AvgIpc) is 3.51. The Labute approximate surface area is 299 Å². The normalized spacial score (nSPS) is 20.6. The van der Waals surface area contributed by atoms with Crippen LogP contribution in [0.2, 0.25) is 0 Å². The number of ketones is 1. The molecule has 5 atom stereocenters. The van der Waals surface area contributed by atoms with Crippen LogP contribution in [-0.4, -0.2) is 65.8 Å². The minimum absolute atomic E-state index is 0.0231. The van der Waals surface area contributed by atoms with Crippen molar-refractivity contribution in [2.45, 2.75) is 170 Å². The molecule has 9 heteroatoms. The number of Topliss-reactive ketones (excluding diaryl/α,β-unsaturated/α-hetero) is 1. The number of rotatable bonds is 17. The molecule has 4 amide bonds. The van der Waals surface area contributed by atoms with E-state index in [1.807, 2.05) is 11.8 Å². The Morgan fingerprint density at radius 2 is 1.55 bits per heavy atom. The number of unbranched alkanes of at least 4 members (excludes halogenated alkanes) is 1. The van der Waals surface area contributed by atoms with Gasteiger partial charge in [0.25, 0.3) is 5.91 Å². The number of hydrogen-bond acceptors (Lipinski definition) is 5. The second-order valence-corrected chi connectivity index (χ2v) is 16.1. The number of amides is 4. The van der Waals surface area contributed by atoms with E-state index in [9.17, 15) is 19.2 Å². The first kappa shape index (κ1) is 44.2. The molecule has 4 N–H and O–H groups in total. The molecule has 0 spiro atoms.